The summed E-state index contributed by atoms with van der Waals surface area (Å²) < 4.78 is 16.8. The van der Waals surface area contributed by atoms with E-state index in [-0.39, 0.29) is 18.1 Å². The van der Waals surface area contributed by atoms with Crippen LogP contribution in [-0.4, -0.2) is 68.9 Å². The molecule has 0 radical (unpaired) electrons. The Balaban J connectivity index is 1.49. The average Bonchev–Trinajstić information content (AvgIpc) is 2.81. The van der Waals surface area contributed by atoms with Crippen LogP contribution in [0.2, 0.25) is 0 Å². The number of nitrogens with zero attached hydrogens (tertiary/aromatic N) is 1. The van der Waals surface area contributed by atoms with E-state index in [4.69, 9.17) is 14.2 Å². The van der Waals surface area contributed by atoms with Gasteiger partial charge in [-0.25, -0.2) is 4.79 Å². The van der Waals surface area contributed by atoms with E-state index in [1.54, 1.807) is 19.3 Å². The van der Waals surface area contributed by atoms with Crippen LogP contribution < -0.4 is 10.1 Å². The number of esters is 1. The van der Waals surface area contributed by atoms with Crippen molar-refractivity contribution in [1.82, 2.24) is 10.2 Å². The lowest BCUT2D eigenvalue weighted by atomic mass is 9.79. The van der Waals surface area contributed by atoms with Gasteiger partial charge in [0.15, 0.2) is 6.61 Å². The molecule has 7 nitrogen and oxygen atoms in total. The molecule has 1 aromatic rings. The molecule has 1 N–H and O–H groups in total. The molecule has 1 aliphatic heterocycles. The first kappa shape index (κ1) is 23.8. The highest BCUT2D eigenvalue weighted by Gasteiger charge is 2.38. The second-order valence-corrected chi connectivity index (χ2v) is 8.90. The van der Waals surface area contributed by atoms with E-state index < -0.39 is 5.97 Å². The van der Waals surface area contributed by atoms with Gasteiger partial charge in [0.25, 0.3) is 5.91 Å². The summed E-state index contributed by atoms with van der Waals surface area (Å²) in [6, 6.07) is 5.50. The minimum atomic E-state index is -0.572. The summed E-state index contributed by atoms with van der Waals surface area (Å²) in [5.74, 6) is -0.205. The van der Waals surface area contributed by atoms with Gasteiger partial charge in [0.1, 0.15) is 5.75 Å². The summed E-state index contributed by atoms with van der Waals surface area (Å²) in [4.78, 5) is 26.9. The molecule has 1 aliphatic carbocycles. The quantitative estimate of drug-likeness (QED) is 0.441. The maximum atomic E-state index is 12.4. The van der Waals surface area contributed by atoms with Gasteiger partial charge in [0.05, 0.1) is 20.3 Å². The first-order chi connectivity index (χ1) is 15.0. The summed E-state index contributed by atoms with van der Waals surface area (Å²) in [7, 11) is 1.57. The number of halogens is 1. The average molecular weight is 495 g/mol. The van der Waals surface area contributed by atoms with Crippen LogP contribution in [-0.2, 0) is 19.1 Å². The molecule has 0 atom stereocenters. The molecule has 0 unspecified atom stereocenters. The largest absolute Gasteiger partial charge is 0.496 e. The molecule has 2 fully saturated rings. The Morgan fingerprint density at radius 3 is 2.68 bits per heavy atom. The van der Waals surface area contributed by atoms with Crippen LogP contribution in [0, 0.1) is 0 Å². The first-order valence-corrected chi connectivity index (χ1v) is 11.6. The second kappa shape index (κ2) is 11.6. The molecule has 1 saturated heterocycles. The predicted molar refractivity (Wildman–Crippen MR) is 122 cm³/mol. The zero-order valence-electron chi connectivity index (χ0n) is 18.0. The third-order valence-corrected chi connectivity index (χ3v) is 6.51. The summed E-state index contributed by atoms with van der Waals surface area (Å²) in [5, 5.41) is 3.00. The highest BCUT2D eigenvalue weighted by Crippen LogP contribution is 2.33. The Morgan fingerprint density at radius 2 is 1.97 bits per heavy atom. The van der Waals surface area contributed by atoms with E-state index in [1.807, 2.05) is 12.1 Å². The van der Waals surface area contributed by atoms with Gasteiger partial charge in [0, 0.05) is 41.3 Å². The van der Waals surface area contributed by atoms with Crippen LogP contribution in [0.1, 0.15) is 37.7 Å². The molecule has 0 bridgehead atoms. The summed E-state index contributed by atoms with van der Waals surface area (Å²) in [6.07, 6.45) is 8.65. The molecule has 3 rings (SSSR count). The van der Waals surface area contributed by atoms with Crippen molar-refractivity contribution in [3.05, 3.63) is 34.3 Å². The summed E-state index contributed by atoms with van der Waals surface area (Å²) in [6.45, 7) is 3.56. The molecule has 1 aromatic carbocycles. The van der Waals surface area contributed by atoms with E-state index in [0.29, 0.717) is 12.3 Å². The molecule has 2 aliphatic rings. The molecular weight excluding hydrogens is 464 g/mol. The number of carbonyl (C=O) groups is 2. The third-order valence-electron chi connectivity index (χ3n) is 6.02. The molecule has 170 valence electrons. The lowest BCUT2D eigenvalue weighted by Gasteiger charge is -2.48. The predicted octanol–water partition coefficient (Wildman–Crippen LogP) is 3.17. The van der Waals surface area contributed by atoms with E-state index in [0.717, 1.165) is 49.2 Å². The normalized spacial score (nSPS) is 19.2. The van der Waals surface area contributed by atoms with Crippen molar-refractivity contribution in [3.8, 4) is 5.75 Å². The number of carbonyl (C=O) groups excluding carboxylic acids is 2. The fraction of sp³-hybridized carbons (Fsp3) is 0.565. The maximum absolute atomic E-state index is 12.4. The zero-order chi connectivity index (χ0) is 22.1. The van der Waals surface area contributed by atoms with Crippen LogP contribution in [0.3, 0.4) is 0 Å². The van der Waals surface area contributed by atoms with Gasteiger partial charge in [-0.15, -0.1) is 0 Å². The Hall–Kier alpha value is -1.90. The lowest BCUT2D eigenvalue weighted by molar-refractivity contribution is -0.144. The van der Waals surface area contributed by atoms with E-state index in [2.05, 4.69) is 26.1 Å². The van der Waals surface area contributed by atoms with Crippen LogP contribution in [0.25, 0.3) is 6.08 Å². The van der Waals surface area contributed by atoms with Crippen LogP contribution in [0.15, 0.2) is 28.7 Å². The Morgan fingerprint density at radius 1 is 1.23 bits per heavy atom. The van der Waals surface area contributed by atoms with Crippen LogP contribution in [0.5, 0.6) is 5.75 Å². The number of ether oxygens (including phenoxy) is 3. The van der Waals surface area contributed by atoms with Gasteiger partial charge in [-0.3, -0.25) is 9.69 Å². The Labute approximate surface area is 192 Å². The topological polar surface area (TPSA) is 77.1 Å². The van der Waals surface area contributed by atoms with Crippen molar-refractivity contribution >= 4 is 33.9 Å². The number of nitrogens with one attached hydrogen (secondary N) is 1. The first-order valence-electron chi connectivity index (χ1n) is 10.8. The van der Waals surface area contributed by atoms with Gasteiger partial charge in [-0.1, -0.05) is 35.2 Å². The molecule has 1 saturated carbocycles. The highest BCUT2D eigenvalue weighted by molar-refractivity contribution is 9.10. The molecule has 0 spiro atoms. The molecule has 1 heterocycles. The van der Waals surface area contributed by atoms with Gasteiger partial charge in [-0.2, -0.15) is 0 Å². The van der Waals surface area contributed by atoms with Gasteiger partial charge in [0.2, 0.25) is 0 Å². The van der Waals surface area contributed by atoms with Crippen molar-refractivity contribution < 1.29 is 23.8 Å². The minimum Gasteiger partial charge on any atom is -0.496 e. The van der Waals surface area contributed by atoms with Crippen molar-refractivity contribution in [3.63, 3.8) is 0 Å². The molecule has 8 heteroatoms. The van der Waals surface area contributed by atoms with E-state index >= 15 is 0 Å². The highest BCUT2D eigenvalue weighted by atomic mass is 79.9. The van der Waals surface area contributed by atoms with Crippen molar-refractivity contribution in [2.75, 3.05) is 46.6 Å². The number of benzene rings is 1. The standard InChI is InChI=1S/C23H31BrN2O5/c1-29-20-7-6-19(24)15-18(20)5-8-22(28)31-16-21(27)25-17-23(9-3-2-4-10-23)26-11-13-30-14-12-26/h5-8,15H,2-4,9-14,16-17H2,1H3,(H,25,27)/b8-5+. The van der Waals surface area contributed by atoms with Crippen LogP contribution in [0.4, 0.5) is 0 Å². The Kier molecular flexibility index (Phi) is 8.92. The zero-order valence-corrected chi connectivity index (χ0v) is 19.6. The van der Waals surface area contributed by atoms with Crippen molar-refractivity contribution in [1.29, 1.82) is 0 Å². The number of hydrogen-bond acceptors (Lipinski definition) is 6. The molecular formula is C23H31BrN2O5. The summed E-state index contributed by atoms with van der Waals surface area (Å²) in [5.41, 5.74) is 0.724. The third kappa shape index (κ3) is 6.79. The van der Waals surface area contributed by atoms with E-state index in [9.17, 15) is 9.59 Å². The lowest BCUT2D eigenvalue weighted by Crippen LogP contribution is -2.59. The fourth-order valence-corrected chi connectivity index (χ4v) is 4.72. The smallest absolute Gasteiger partial charge is 0.331 e. The number of hydrogen-bond donors (Lipinski definition) is 1. The number of rotatable bonds is 8. The Bertz CT molecular complexity index is 786. The number of amides is 1. The number of morpholine rings is 1. The fourth-order valence-electron chi connectivity index (χ4n) is 4.34. The monoisotopic (exact) mass is 494 g/mol. The second-order valence-electron chi connectivity index (χ2n) is 7.99. The van der Waals surface area contributed by atoms with Crippen molar-refractivity contribution in [2.24, 2.45) is 0 Å². The number of methoxy groups -OCH3 is 1. The molecule has 31 heavy (non-hydrogen) atoms. The minimum absolute atomic E-state index is 0.0150. The maximum Gasteiger partial charge on any atom is 0.331 e. The van der Waals surface area contributed by atoms with Crippen molar-refractivity contribution in [2.45, 2.75) is 37.6 Å². The molecule has 1 amide bonds. The van der Waals surface area contributed by atoms with Gasteiger partial charge >= 0.3 is 5.97 Å². The molecule has 0 aromatic heterocycles. The van der Waals surface area contributed by atoms with Gasteiger partial charge in [-0.05, 0) is 37.1 Å². The summed E-state index contributed by atoms with van der Waals surface area (Å²) >= 11 is 3.40. The van der Waals surface area contributed by atoms with Gasteiger partial charge < -0.3 is 19.5 Å². The van der Waals surface area contributed by atoms with E-state index in [1.165, 1.54) is 25.3 Å². The van der Waals surface area contributed by atoms with Crippen LogP contribution >= 0.6 is 15.9 Å². The SMILES string of the molecule is COc1ccc(Br)cc1/C=C/C(=O)OCC(=O)NCC1(N2CCOCC2)CCCCC1.